The van der Waals surface area contributed by atoms with E-state index < -0.39 is 15.2 Å². The van der Waals surface area contributed by atoms with Crippen molar-refractivity contribution >= 4 is 43.8 Å². The molecule has 0 saturated carbocycles. The van der Waals surface area contributed by atoms with Crippen molar-refractivity contribution in [1.29, 1.82) is 0 Å². The van der Waals surface area contributed by atoms with Crippen molar-refractivity contribution in [2.45, 2.75) is 32.4 Å². The maximum atomic E-state index is 13.4. The van der Waals surface area contributed by atoms with Crippen LogP contribution in [0.15, 0.2) is 83.5 Å². The van der Waals surface area contributed by atoms with Gasteiger partial charge in [-0.3, -0.25) is 5.32 Å². The summed E-state index contributed by atoms with van der Waals surface area (Å²) in [6, 6.07) is 20.9. The Bertz CT molecular complexity index is 1790. The van der Waals surface area contributed by atoms with E-state index in [1.165, 1.54) is 18.5 Å². The molecule has 212 valence electrons. The standard InChI is InChI=1S/C30H28ClFN4O4S/c1-3-41(37,38)19(2)33-16-24-9-12-28(40-24)21-7-10-27-25(14-21)30(35-18-34-27)36-23-8-11-29(26(31)15-23)39-17-20-5-4-6-22(32)13-20/h4-15,18-19,33H,3,16-17H2,1-2H3,(H,34,35,36). The molecule has 0 aliphatic heterocycles. The number of sulfone groups is 1. The number of nitrogens with zero attached hydrogens (tertiary/aromatic N) is 2. The number of hydrogen-bond donors (Lipinski definition) is 2. The van der Waals surface area contributed by atoms with E-state index in [0.717, 1.165) is 16.5 Å². The zero-order valence-corrected chi connectivity index (χ0v) is 24.0. The third kappa shape index (κ3) is 6.84. The molecule has 5 aromatic rings. The molecule has 0 fully saturated rings. The van der Waals surface area contributed by atoms with Crippen molar-refractivity contribution in [3.8, 4) is 17.1 Å². The number of fused-ring (bicyclic) bond motifs is 1. The lowest BCUT2D eigenvalue weighted by Crippen LogP contribution is -2.34. The summed E-state index contributed by atoms with van der Waals surface area (Å²) >= 11 is 6.47. The van der Waals surface area contributed by atoms with E-state index in [1.807, 2.05) is 36.4 Å². The molecule has 0 bridgehead atoms. The lowest BCUT2D eigenvalue weighted by molar-refractivity contribution is 0.306. The van der Waals surface area contributed by atoms with Crippen LogP contribution in [-0.4, -0.2) is 29.5 Å². The molecule has 0 aliphatic carbocycles. The molecule has 0 aliphatic rings. The number of nitrogens with one attached hydrogen (secondary N) is 2. The Morgan fingerprint density at radius 3 is 2.68 bits per heavy atom. The Labute approximate surface area is 242 Å². The van der Waals surface area contributed by atoms with Gasteiger partial charge in [0.2, 0.25) is 0 Å². The minimum atomic E-state index is -3.19. The number of rotatable bonds is 11. The van der Waals surface area contributed by atoms with E-state index in [-0.39, 0.29) is 24.7 Å². The highest BCUT2D eigenvalue weighted by Crippen LogP contribution is 2.33. The predicted molar refractivity (Wildman–Crippen MR) is 158 cm³/mol. The fraction of sp³-hybridized carbons (Fsp3) is 0.200. The molecule has 1 atom stereocenters. The molecule has 2 heterocycles. The van der Waals surface area contributed by atoms with Gasteiger partial charge >= 0.3 is 0 Å². The van der Waals surface area contributed by atoms with Crippen molar-refractivity contribution in [3.05, 3.63) is 101 Å². The van der Waals surface area contributed by atoms with E-state index in [2.05, 4.69) is 20.6 Å². The Hall–Kier alpha value is -3.99. The fourth-order valence-corrected chi connectivity index (χ4v) is 5.25. The van der Waals surface area contributed by atoms with Gasteiger partial charge in [0.1, 0.15) is 47.2 Å². The van der Waals surface area contributed by atoms with Crippen LogP contribution in [-0.2, 0) is 23.0 Å². The molecule has 11 heteroatoms. The quantitative estimate of drug-likeness (QED) is 0.170. The minimum Gasteiger partial charge on any atom is -0.487 e. The van der Waals surface area contributed by atoms with Gasteiger partial charge in [0.05, 0.1) is 17.1 Å². The summed E-state index contributed by atoms with van der Waals surface area (Å²) in [7, 11) is -3.19. The van der Waals surface area contributed by atoms with Gasteiger partial charge in [-0.2, -0.15) is 0 Å². The molecular weight excluding hydrogens is 567 g/mol. The SMILES string of the molecule is CCS(=O)(=O)C(C)NCc1ccc(-c2ccc3ncnc(Nc4ccc(OCc5cccc(F)c5)c(Cl)c4)c3c2)o1. The van der Waals surface area contributed by atoms with Crippen LogP contribution in [0.5, 0.6) is 5.75 Å². The maximum Gasteiger partial charge on any atom is 0.165 e. The summed E-state index contributed by atoms with van der Waals surface area (Å²) in [5.74, 6) is 2.05. The number of furan rings is 1. The molecule has 0 saturated heterocycles. The van der Waals surface area contributed by atoms with Crippen molar-refractivity contribution in [3.63, 3.8) is 0 Å². The Balaban J connectivity index is 1.31. The number of halogens is 2. The largest absolute Gasteiger partial charge is 0.487 e. The van der Waals surface area contributed by atoms with Gasteiger partial charge in [-0.15, -0.1) is 0 Å². The van der Waals surface area contributed by atoms with E-state index in [1.54, 1.807) is 38.1 Å². The topological polar surface area (TPSA) is 106 Å². The highest BCUT2D eigenvalue weighted by molar-refractivity contribution is 7.91. The zero-order chi connectivity index (χ0) is 29.0. The number of anilines is 2. The number of benzene rings is 3. The average Bonchev–Trinajstić information content (AvgIpc) is 3.44. The Morgan fingerprint density at radius 1 is 1.05 bits per heavy atom. The first kappa shape index (κ1) is 28.5. The molecule has 41 heavy (non-hydrogen) atoms. The molecule has 8 nitrogen and oxygen atoms in total. The smallest absolute Gasteiger partial charge is 0.165 e. The highest BCUT2D eigenvalue weighted by atomic mass is 35.5. The Kier molecular flexibility index (Phi) is 8.53. The van der Waals surface area contributed by atoms with Crippen LogP contribution in [0.3, 0.4) is 0 Å². The summed E-state index contributed by atoms with van der Waals surface area (Å²) in [6.45, 7) is 3.72. The van der Waals surface area contributed by atoms with Crippen LogP contribution in [0.1, 0.15) is 25.2 Å². The van der Waals surface area contributed by atoms with Gasteiger partial charge < -0.3 is 14.5 Å². The second kappa shape index (κ2) is 12.3. The first-order valence-corrected chi connectivity index (χ1v) is 15.0. The lowest BCUT2D eigenvalue weighted by Gasteiger charge is -2.12. The second-order valence-electron chi connectivity index (χ2n) is 9.38. The van der Waals surface area contributed by atoms with Gasteiger partial charge in [-0.05, 0) is 73.2 Å². The van der Waals surface area contributed by atoms with Crippen LogP contribution < -0.4 is 15.4 Å². The molecule has 5 rings (SSSR count). The summed E-state index contributed by atoms with van der Waals surface area (Å²) in [4.78, 5) is 8.80. The first-order valence-electron chi connectivity index (χ1n) is 12.9. The summed E-state index contributed by atoms with van der Waals surface area (Å²) in [6.07, 6.45) is 1.48. The zero-order valence-electron chi connectivity index (χ0n) is 22.4. The van der Waals surface area contributed by atoms with Crippen LogP contribution in [0.4, 0.5) is 15.9 Å². The number of hydrogen-bond acceptors (Lipinski definition) is 8. The minimum absolute atomic E-state index is 0.0702. The van der Waals surface area contributed by atoms with Gasteiger partial charge in [0, 0.05) is 22.4 Å². The number of ether oxygens (including phenoxy) is 1. The third-order valence-corrected chi connectivity index (χ3v) is 8.91. The van der Waals surface area contributed by atoms with E-state index in [0.29, 0.717) is 39.4 Å². The summed E-state index contributed by atoms with van der Waals surface area (Å²) in [5, 5.41) is 6.79. The van der Waals surface area contributed by atoms with Crippen molar-refractivity contribution in [1.82, 2.24) is 15.3 Å². The van der Waals surface area contributed by atoms with Crippen molar-refractivity contribution in [2.24, 2.45) is 0 Å². The molecule has 1 unspecified atom stereocenters. The van der Waals surface area contributed by atoms with Gasteiger partial charge in [0.25, 0.3) is 0 Å². The van der Waals surface area contributed by atoms with E-state index in [9.17, 15) is 12.8 Å². The van der Waals surface area contributed by atoms with Crippen LogP contribution in [0, 0.1) is 5.82 Å². The predicted octanol–water partition coefficient (Wildman–Crippen LogP) is 6.88. The monoisotopic (exact) mass is 594 g/mol. The molecule has 2 aromatic heterocycles. The average molecular weight is 595 g/mol. The van der Waals surface area contributed by atoms with Crippen molar-refractivity contribution in [2.75, 3.05) is 11.1 Å². The second-order valence-corrected chi connectivity index (χ2v) is 12.4. The van der Waals surface area contributed by atoms with Crippen LogP contribution in [0.2, 0.25) is 5.02 Å². The molecule has 3 aromatic carbocycles. The van der Waals surface area contributed by atoms with E-state index in [4.69, 9.17) is 20.8 Å². The summed E-state index contributed by atoms with van der Waals surface area (Å²) < 4.78 is 49.3. The van der Waals surface area contributed by atoms with Gasteiger partial charge in [0.15, 0.2) is 9.84 Å². The molecular formula is C30H28ClFN4O4S. The molecule has 0 radical (unpaired) electrons. The molecule has 0 spiro atoms. The normalized spacial score (nSPS) is 12.4. The lowest BCUT2D eigenvalue weighted by atomic mass is 10.1. The fourth-order valence-electron chi connectivity index (χ4n) is 4.18. The van der Waals surface area contributed by atoms with Gasteiger partial charge in [-0.25, -0.2) is 22.8 Å². The molecule has 0 amide bonds. The summed E-state index contributed by atoms with van der Waals surface area (Å²) in [5.41, 5.74) is 2.95. The van der Waals surface area contributed by atoms with Crippen LogP contribution in [0.25, 0.3) is 22.2 Å². The van der Waals surface area contributed by atoms with E-state index >= 15 is 0 Å². The van der Waals surface area contributed by atoms with Crippen molar-refractivity contribution < 1.29 is 22.0 Å². The highest BCUT2D eigenvalue weighted by Gasteiger charge is 2.18. The number of aromatic nitrogens is 2. The Morgan fingerprint density at radius 2 is 1.90 bits per heavy atom. The third-order valence-electron chi connectivity index (χ3n) is 6.56. The van der Waals surface area contributed by atoms with Crippen LogP contribution >= 0.6 is 11.6 Å². The first-order chi connectivity index (χ1) is 19.7. The molecule has 2 N–H and O–H groups in total. The maximum absolute atomic E-state index is 13.4. The van der Waals surface area contributed by atoms with Gasteiger partial charge in [-0.1, -0.05) is 30.7 Å².